The molecule has 0 radical (unpaired) electrons. The lowest BCUT2D eigenvalue weighted by Crippen LogP contribution is -1.99. The molecule has 0 aliphatic carbocycles. The third-order valence-corrected chi connectivity index (χ3v) is 2.16. The van der Waals surface area contributed by atoms with Crippen LogP contribution in [0.1, 0.15) is 18.9 Å². The molecule has 1 rings (SSSR count). The molecule has 1 aromatic carbocycles. The Morgan fingerprint density at radius 1 is 1.53 bits per heavy atom. The summed E-state index contributed by atoms with van der Waals surface area (Å²) < 4.78 is 5.38. The molecular weight excluding hydrogens is 218 g/mol. The highest BCUT2D eigenvalue weighted by molar-refractivity contribution is 6.17. The van der Waals surface area contributed by atoms with Crippen LogP contribution in [0, 0.1) is 10.1 Å². The molecule has 5 heteroatoms. The van der Waals surface area contributed by atoms with Gasteiger partial charge in [-0.25, -0.2) is 0 Å². The van der Waals surface area contributed by atoms with Gasteiger partial charge < -0.3 is 4.74 Å². The Kier molecular flexibility index (Phi) is 4.37. The smallest absolute Gasteiger partial charge is 0.273 e. The molecule has 0 fully saturated rings. The quantitative estimate of drug-likeness (QED) is 0.443. The minimum atomic E-state index is -0.448. The predicted octanol–water partition coefficient (Wildman–Crippen LogP) is 3.12. The number of benzene rings is 1. The summed E-state index contributed by atoms with van der Waals surface area (Å²) in [5, 5.41) is 10.5. The molecule has 0 saturated heterocycles. The summed E-state index contributed by atoms with van der Waals surface area (Å²) in [7, 11) is 0. The van der Waals surface area contributed by atoms with Crippen LogP contribution in [0.25, 0.3) is 0 Å². The summed E-state index contributed by atoms with van der Waals surface area (Å²) in [5.74, 6) is 0.790. The number of ether oxygens (including phenoxy) is 1. The number of halogens is 1. The number of alkyl halides is 1. The van der Waals surface area contributed by atoms with Crippen LogP contribution in [0.5, 0.6) is 5.75 Å². The number of hydrogen-bond acceptors (Lipinski definition) is 3. The summed E-state index contributed by atoms with van der Waals surface area (Å²) in [6, 6.07) is 4.46. The van der Waals surface area contributed by atoms with Crippen LogP contribution in [0.15, 0.2) is 18.2 Å². The molecule has 0 bridgehead atoms. The van der Waals surface area contributed by atoms with Crippen molar-refractivity contribution in [1.29, 1.82) is 0 Å². The molecule has 0 N–H and O–H groups in total. The van der Waals surface area contributed by atoms with Crippen molar-refractivity contribution in [3.05, 3.63) is 33.9 Å². The van der Waals surface area contributed by atoms with E-state index in [9.17, 15) is 10.1 Å². The molecule has 0 heterocycles. The third kappa shape index (κ3) is 3.09. The number of non-ortho nitro benzene ring substituents is 1. The Morgan fingerprint density at radius 3 is 2.80 bits per heavy atom. The largest absolute Gasteiger partial charge is 0.493 e. The van der Waals surface area contributed by atoms with Crippen molar-refractivity contribution in [2.24, 2.45) is 0 Å². The highest BCUT2D eigenvalue weighted by atomic mass is 35.5. The normalized spacial score (nSPS) is 10.0. The molecule has 0 aliphatic heterocycles. The van der Waals surface area contributed by atoms with E-state index in [1.54, 1.807) is 6.07 Å². The number of nitrogens with zero attached hydrogens (tertiary/aromatic N) is 1. The number of hydrogen-bond donors (Lipinski definition) is 0. The Hall–Kier alpha value is -1.29. The number of rotatable bonds is 5. The zero-order valence-corrected chi connectivity index (χ0v) is 9.16. The molecular formula is C10H12ClNO3. The Balaban J connectivity index is 2.96. The Labute approximate surface area is 93.0 Å². The molecule has 0 aliphatic rings. The van der Waals surface area contributed by atoms with E-state index in [4.69, 9.17) is 16.3 Å². The van der Waals surface area contributed by atoms with Gasteiger partial charge in [0.2, 0.25) is 0 Å². The summed E-state index contributed by atoms with van der Waals surface area (Å²) in [6.07, 6.45) is 0.852. The second-order valence-corrected chi connectivity index (χ2v) is 3.30. The number of nitro benzene ring substituents is 1. The van der Waals surface area contributed by atoms with Crippen LogP contribution in [0.2, 0.25) is 0 Å². The van der Waals surface area contributed by atoms with Crippen molar-refractivity contribution in [2.45, 2.75) is 19.2 Å². The molecule has 0 atom stereocenters. The van der Waals surface area contributed by atoms with Crippen LogP contribution < -0.4 is 4.74 Å². The van der Waals surface area contributed by atoms with E-state index in [1.807, 2.05) is 6.92 Å². The molecule has 1 aromatic rings. The fourth-order valence-electron chi connectivity index (χ4n) is 1.11. The maximum Gasteiger partial charge on any atom is 0.273 e. The maximum atomic E-state index is 10.5. The molecule has 0 unspecified atom stereocenters. The standard InChI is InChI=1S/C10H12ClNO3/c1-2-5-15-10-6-9(12(13)14)4-3-8(10)7-11/h3-4,6H,2,5,7H2,1H3. The molecule has 0 saturated carbocycles. The highest BCUT2D eigenvalue weighted by Crippen LogP contribution is 2.26. The van der Waals surface area contributed by atoms with E-state index in [0.717, 1.165) is 12.0 Å². The van der Waals surface area contributed by atoms with Crippen LogP contribution >= 0.6 is 11.6 Å². The zero-order chi connectivity index (χ0) is 11.3. The van der Waals surface area contributed by atoms with E-state index >= 15 is 0 Å². The average Bonchev–Trinajstić information content (AvgIpc) is 2.25. The zero-order valence-electron chi connectivity index (χ0n) is 8.40. The SMILES string of the molecule is CCCOc1cc([N+](=O)[O-])ccc1CCl. The summed E-state index contributed by atoms with van der Waals surface area (Å²) in [4.78, 5) is 10.1. The van der Waals surface area contributed by atoms with Gasteiger partial charge in [-0.1, -0.05) is 6.92 Å². The van der Waals surface area contributed by atoms with Crippen molar-refractivity contribution < 1.29 is 9.66 Å². The predicted molar refractivity (Wildman–Crippen MR) is 58.4 cm³/mol. The minimum absolute atomic E-state index is 0.0231. The first kappa shape index (κ1) is 11.8. The van der Waals surface area contributed by atoms with Gasteiger partial charge in [-0.2, -0.15) is 0 Å². The first-order chi connectivity index (χ1) is 7.19. The lowest BCUT2D eigenvalue weighted by molar-refractivity contribution is -0.384. The fraction of sp³-hybridized carbons (Fsp3) is 0.400. The fourth-order valence-corrected chi connectivity index (χ4v) is 1.33. The van der Waals surface area contributed by atoms with Gasteiger partial charge in [0.25, 0.3) is 5.69 Å². The van der Waals surface area contributed by atoms with Gasteiger partial charge in [-0.3, -0.25) is 10.1 Å². The first-order valence-electron chi connectivity index (χ1n) is 4.65. The topological polar surface area (TPSA) is 52.4 Å². The monoisotopic (exact) mass is 229 g/mol. The van der Waals surface area contributed by atoms with Gasteiger partial charge in [-0.15, -0.1) is 11.6 Å². The lowest BCUT2D eigenvalue weighted by atomic mass is 10.2. The van der Waals surface area contributed by atoms with E-state index in [1.165, 1.54) is 12.1 Å². The van der Waals surface area contributed by atoms with E-state index in [0.29, 0.717) is 12.4 Å². The summed E-state index contributed by atoms with van der Waals surface area (Å²) >= 11 is 5.69. The van der Waals surface area contributed by atoms with Crippen molar-refractivity contribution >= 4 is 17.3 Å². The van der Waals surface area contributed by atoms with Gasteiger partial charge in [0.1, 0.15) is 5.75 Å². The number of nitro groups is 1. The van der Waals surface area contributed by atoms with Crippen LogP contribution in [0.4, 0.5) is 5.69 Å². The van der Waals surface area contributed by atoms with Crippen molar-refractivity contribution in [2.75, 3.05) is 6.61 Å². The first-order valence-corrected chi connectivity index (χ1v) is 5.18. The maximum absolute atomic E-state index is 10.5. The summed E-state index contributed by atoms with van der Waals surface area (Å²) in [5.41, 5.74) is 0.797. The summed E-state index contributed by atoms with van der Waals surface area (Å²) in [6.45, 7) is 2.50. The van der Waals surface area contributed by atoms with Gasteiger partial charge >= 0.3 is 0 Å². The molecule has 0 amide bonds. The average molecular weight is 230 g/mol. The van der Waals surface area contributed by atoms with Crippen molar-refractivity contribution in [1.82, 2.24) is 0 Å². The third-order valence-electron chi connectivity index (χ3n) is 1.87. The molecule has 0 aromatic heterocycles. The van der Waals surface area contributed by atoms with Crippen molar-refractivity contribution in [3.8, 4) is 5.75 Å². The molecule has 0 spiro atoms. The molecule has 15 heavy (non-hydrogen) atoms. The molecule has 4 nitrogen and oxygen atoms in total. The second-order valence-electron chi connectivity index (χ2n) is 3.03. The van der Waals surface area contributed by atoms with Crippen molar-refractivity contribution in [3.63, 3.8) is 0 Å². The minimum Gasteiger partial charge on any atom is -0.493 e. The van der Waals surface area contributed by atoms with E-state index in [-0.39, 0.29) is 11.6 Å². The molecule has 82 valence electrons. The Bertz CT molecular complexity index is 355. The van der Waals surface area contributed by atoms with Gasteiger partial charge in [0.15, 0.2) is 0 Å². The van der Waals surface area contributed by atoms with Gasteiger partial charge in [0.05, 0.1) is 23.5 Å². The Morgan fingerprint density at radius 2 is 2.27 bits per heavy atom. The van der Waals surface area contributed by atoms with Crippen LogP contribution in [-0.4, -0.2) is 11.5 Å². The van der Waals surface area contributed by atoms with Gasteiger partial charge in [0, 0.05) is 11.6 Å². The van der Waals surface area contributed by atoms with E-state index < -0.39 is 4.92 Å². The highest BCUT2D eigenvalue weighted by Gasteiger charge is 2.10. The second kappa shape index (κ2) is 5.56. The van der Waals surface area contributed by atoms with E-state index in [2.05, 4.69) is 0 Å². The van der Waals surface area contributed by atoms with Crippen LogP contribution in [-0.2, 0) is 5.88 Å². The van der Waals surface area contributed by atoms with Crippen LogP contribution in [0.3, 0.4) is 0 Å². The van der Waals surface area contributed by atoms with Gasteiger partial charge in [-0.05, 0) is 12.5 Å². The lowest BCUT2D eigenvalue weighted by Gasteiger charge is -2.08.